The van der Waals surface area contributed by atoms with Crippen molar-refractivity contribution in [1.29, 1.82) is 0 Å². The Morgan fingerprint density at radius 1 is 1.20 bits per heavy atom. The Hall–Kier alpha value is -0.610. The van der Waals surface area contributed by atoms with E-state index in [1.807, 2.05) is 11.8 Å². The quantitative estimate of drug-likeness (QED) is 0.662. The lowest BCUT2D eigenvalue weighted by Gasteiger charge is -2.33. The van der Waals surface area contributed by atoms with E-state index in [1.165, 1.54) is 25.7 Å². The zero-order valence-electron chi connectivity index (χ0n) is 13.5. The Bertz CT molecular complexity index is 286. The predicted molar refractivity (Wildman–Crippen MR) is 82.5 cm³/mol. The van der Waals surface area contributed by atoms with E-state index in [0.717, 1.165) is 25.9 Å². The molecule has 0 aliphatic carbocycles. The van der Waals surface area contributed by atoms with Gasteiger partial charge in [-0.2, -0.15) is 0 Å². The molecular weight excluding hydrogens is 252 g/mol. The fourth-order valence-corrected chi connectivity index (χ4v) is 2.69. The highest BCUT2D eigenvalue weighted by Crippen LogP contribution is 2.29. The van der Waals surface area contributed by atoms with E-state index in [1.54, 1.807) is 0 Å². The van der Waals surface area contributed by atoms with Crippen LogP contribution in [0.2, 0.25) is 0 Å². The highest BCUT2D eigenvalue weighted by atomic mass is 16.5. The zero-order chi connectivity index (χ0) is 15.0. The minimum Gasteiger partial charge on any atom is -0.379 e. The van der Waals surface area contributed by atoms with Gasteiger partial charge in [0.1, 0.15) is 0 Å². The normalized spacial score (nSPS) is 25.9. The molecule has 4 nitrogen and oxygen atoms in total. The van der Waals surface area contributed by atoms with Crippen molar-refractivity contribution in [2.45, 2.75) is 65.3 Å². The van der Waals surface area contributed by atoms with Gasteiger partial charge in [-0.25, -0.2) is 0 Å². The number of carbonyl (C=O) groups excluding carboxylic acids is 1. The van der Waals surface area contributed by atoms with E-state index < -0.39 is 5.41 Å². The number of carbonyl (C=O) groups is 1. The van der Waals surface area contributed by atoms with E-state index in [9.17, 15) is 4.79 Å². The van der Waals surface area contributed by atoms with Crippen molar-refractivity contribution in [2.24, 2.45) is 11.1 Å². The summed E-state index contributed by atoms with van der Waals surface area (Å²) in [5.74, 6) is 0.190. The second kappa shape index (κ2) is 8.63. The molecule has 1 saturated heterocycles. The summed E-state index contributed by atoms with van der Waals surface area (Å²) in [5.41, 5.74) is 5.56. The summed E-state index contributed by atoms with van der Waals surface area (Å²) in [5, 5.41) is 0. The summed E-state index contributed by atoms with van der Waals surface area (Å²) in [4.78, 5) is 14.9. The Kier molecular flexibility index (Phi) is 7.52. The molecule has 118 valence electrons. The average Bonchev–Trinajstić information content (AvgIpc) is 2.78. The molecule has 2 unspecified atom stereocenters. The Balaban J connectivity index is 2.62. The van der Waals surface area contributed by atoms with Crippen LogP contribution in [-0.4, -0.2) is 43.2 Å². The summed E-state index contributed by atoms with van der Waals surface area (Å²) in [6, 6.07) is -0.171. The minimum absolute atomic E-state index is 0.171. The van der Waals surface area contributed by atoms with Gasteiger partial charge in [-0.1, -0.05) is 39.5 Å². The number of unbranched alkanes of at least 4 members (excludes halogenated alkanes) is 4. The molecule has 0 radical (unpaired) electrons. The highest BCUT2D eigenvalue weighted by molar-refractivity contribution is 5.83. The van der Waals surface area contributed by atoms with Crippen molar-refractivity contribution in [3.8, 4) is 0 Å². The predicted octanol–water partition coefficient (Wildman–Crippen LogP) is 2.56. The molecular formula is C16H32N2O2. The minimum atomic E-state index is -0.529. The molecule has 2 atom stereocenters. The maximum Gasteiger partial charge on any atom is 0.232 e. The van der Waals surface area contributed by atoms with Crippen molar-refractivity contribution >= 4 is 5.91 Å². The van der Waals surface area contributed by atoms with Gasteiger partial charge in [0.2, 0.25) is 5.91 Å². The first-order valence-electron chi connectivity index (χ1n) is 8.19. The molecule has 20 heavy (non-hydrogen) atoms. The fourth-order valence-electron chi connectivity index (χ4n) is 2.69. The molecule has 1 amide bonds. The second-order valence-electron chi connectivity index (χ2n) is 6.25. The number of ether oxygens (including phenoxy) is 1. The van der Waals surface area contributed by atoms with Crippen LogP contribution in [0.15, 0.2) is 0 Å². The second-order valence-corrected chi connectivity index (χ2v) is 6.25. The summed E-state index contributed by atoms with van der Waals surface area (Å²) in [7, 11) is 0. The standard InChI is InChI=1S/C16H32N2O2/c1-4-6-8-10-18(11-9-7-5-2)15(19)16(3)13-20-12-14(16)17/h14H,4-13,17H2,1-3H3. The SMILES string of the molecule is CCCCCN(CCCCC)C(=O)C1(C)COCC1N. The highest BCUT2D eigenvalue weighted by Gasteiger charge is 2.46. The molecule has 1 fully saturated rings. The van der Waals surface area contributed by atoms with Crippen molar-refractivity contribution in [3.05, 3.63) is 0 Å². The van der Waals surface area contributed by atoms with Crippen LogP contribution in [0, 0.1) is 5.41 Å². The van der Waals surface area contributed by atoms with Gasteiger partial charge in [0.25, 0.3) is 0 Å². The molecule has 0 saturated carbocycles. The maximum atomic E-state index is 12.8. The van der Waals surface area contributed by atoms with Gasteiger partial charge in [-0.05, 0) is 19.8 Å². The van der Waals surface area contributed by atoms with Gasteiger partial charge < -0.3 is 15.4 Å². The van der Waals surface area contributed by atoms with E-state index in [4.69, 9.17) is 10.5 Å². The number of nitrogens with zero attached hydrogens (tertiary/aromatic N) is 1. The van der Waals surface area contributed by atoms with E-state index in [2.05, 4.69) is 13.8 Å². The molecule has 2 N–H and O–H groups in total. The molecule has 0 aromatic rings. The van der Waals surface area contributed by atoms with Crippen molar-refractivity contribution in [2.75, 3.05) is 26.3 Å². The van der Waals surface area contributed by atoms with Gasteiger partial charge in [-0.15, -0.1) is 0 Å². The third-order valence-corrected chi connectivity index (χ3v) is 4.36. The first kappa shape index (κ1) is 17.4. The summed E-state index contributed by atoms with van der Waals surface area (Å²) in [6.45, 7) is 9.01. The van der Waals surface area contributed by atoms with Crippen LogP contribution >= 0.6 is 0 Å². The first-order valence-corrected chi connectivity index (χ1v) is 8.19. The van der Waals surface area contributed by atoms with Gasteiger partial charge in [0.15, 0.2) is 0 Å². The van der Waals surface area contributed by atoms with E-state index in [-0.39, 0.29) is 11.9 Å². The third kappa shape index (κ3) is 4.45. The Labute approximate surface area is 124 Å². The van der Waals surface area contributed by atoms with Gasteiger partial charge in [0.05, 0.1) is 18.6 Å². The number of nitrogens with two attached hydrogens (primary N) is 1. The molecule has 0 spiro atoms. The number of hydrogen-bond acceptors (Lipinski definition) is 3. The molecule has 4 heteroatoms. The summed E-state index contributed by atoms with van der Waals surface area (Å²) < 4.78 is 5.42. The monoisotopic (exact) mass is 284 g/mol. The molecule has 1 aliphatic heterocycles. The fraction of sp³-hybridized carbons (Fsp3) is 0.938. The lowest BCUT2D eigenvalue weighted by atomic mass is 9.84. The topological polar surface area (TPSA) is 55.6 Å². The molecule has 0 aromatic heterocycles. The van der Waals surface area contributed by atoms with Crippen LogP contribution in [0.4, 0.5) is 0 Å². The van der Waals surface area contributed by atoms with Gasteiger partial charge >= 0.3 is 0 Å². The number of hydrogen-bond donors (Lipinski definition) is 1. The van der Waals surface area contributed by atoms with Crippen molar-refractivity contribution in [1.82, 2.24) is 4.90 Å². The maximum absolute atomic E-state index is 12.8. The Morgan fingerprint density at radius 2 is 1.75 bits per heavy atom. The van der Waals surface area contributed by atoms with Crippen LogP contribution in [0.25, 0.3) is 0 Å². The molecule has 0 bridgehead atoms. The van der Waals surface area contributed by atoms with E-state index in [0.29, 0.717) is 13.2 Å². The molecule has 0 aromatic carbocycles. The van der Waals surface area contributed by atoms with Crippen LogP contribution in [0.5, 0.6) is 0 Å². The zero-order valence-corrected chi connectivity index (χ0v) is 13.5. The smallest absolute Gasteiger partial charge is 0.232 e. The number of amides is 1. The lowest BCUT2D eigenvalue weighted by Crippen LogP contribution is -2.52. The van der Waals surface area contributed by atoms with E-state index >= 15 is 0 Å². The average molecular weight is 284 g/mol. The molecule has 1 heterocycles. The van der Waals surface area contributed by atoms with Crippen molar-refractivity contribution in [3.63, 3.8) is 0 Å². The first-order chi connectivity index (χ1) is 9.56. The van der Waals surface area contributed by atoms with Crippen molar-refractivity contribution < 1.29 is 9.53 Å². The van der Waals surface area contributed by atoms with Gasteiger partial charge in [-0.3, -0.25) is 4.79 Å². The van der Waals surface area contributed by atoms with Gasteiger partial charge in [0, 0.05) is 19.1 Å². The lowest BCUT2D eigenvalue weighted by molar-refractivity contribution is -0.142. The summed E-state index contributed by atoms with van der Waals surface area (Å²) in [6.07, 6.45) is 6.88. The van der Waals surface area contributed by atoms with Crippen LogP contribution in [-0.2, 0) is 9.53 Å². The number of rotatable bonds is 9. The van der Waals surface area contributed by atoms with Crippen LogP contribution in [0.1, 0.15) is 59.3 Å². The third-order valence-electron chi connectivity index (χ3n) is 4.36. The van der Waals surface area contributed by atoms with Crippen LogP contribution < -0.4 is 5.73 Å². The molecule has 1 rings (SSSR count). The largest absolute Gasteiger partial charge is 0.379 e. The summed E-state index contributed by atoms with van der Waals surface area (Å²) >= 11 is 0. The Morgan fingerprint density at radius 3 is 2.15 bits per heavy atom. The van der Waals surface area contributed by atoms with Crippen LogP contribution in [0.3, 0.4) is 0 Å². The molecule has 1 aliphatic rings.